The maximum absolute atomic E-state index is 12.5. The molecule has 332 valence electrons. The van der Waals surface area contributed by atoms with Gasteiger partial charge in [0.15, 0.2) is 0 Å². The highest BCUT2D eigenvalue weighted by Crippen LogP contribution is 2.16. The fraction of sp³-hybridized carbons (Fsp3) is 0.902. The van der Waals surface area contributed by atoms with E-state index in [4.69, 9.17) is 0 Å². The van der Waals surface area contributed by atoms with Crippen molar-refractivity contribution >= 4 is 5.91 Å². The van der Waals surface area contributed by atoms with Crippen LogP contribution in [0.4, 0.5) is 0 Å². The van der Waals surface area contributed by atoms with Gasteiger partial charge in [-0.3, -0.25) is 4.79 Å². The van der Waals surface area contributed by atoms with Crippen LogP contribution in [0.5, 0.6) is 0 Å². The average molecular weight is 790 g/mol. The fourth-order valence-electron chi connectivity index (χ4n) is 7.83. The molecule has 56 heavy (non-hydrogen) atoms. The molecule has 0 heterocycles. The van der Waals surface area contributed by atoms with E-state index in [2.05, 4.69) is 31.3 Å². The SMILES string of the molecule is CCCCCCCCCCCC/C=C/C(O)C(CO)NC(=O)C(O)CCCCCCCCCCCCCCCC/C=C\CCCCCCCCCCCCCC. The Kier molecular flexibility index (Phi) is 45.5. The molecule has 5 nitrogen and oxygen atoms in total. The van der Waals surface area contributed by atoms with Crippen LogP contribution in [-0.4, -0.2) is 46.1 Å². The lowest BCUT2D eigenvalue weighted by molar-refractivity contribution is -0.131. The molecule has 0 radical (unpaired) electrons. The third kappa shape index (κ3) is 41.0. The van der Waals surface area contributed by atoms with E-state index in [1.807, 2.05) is 6.08 Å². The number of amides is 1. The Hall–Kier alpha value is -1.17. The zero-order chi connectivity index (χ0) is 40.8. The highest BCUT2D eigenvalue weighted by atomic mass is 16.3. The van der Waals surface area contributed by atoms with Gasteiger partial charge >= 0.3 is 0 Å². The second kappa shape index (κ2) is 46.5. The normalized spacial score (nSPS) is 13.6. The molecule has 1 amide bonds. The number of hydrogen-bond donors (Lipinski definition) is 4. The van der Waals surface area contributed by atoms with Crippen molar-refractivity contribution in [2.75, 3.05) is 6.61 Å². The number of carbonyl (C=O) groups excluding carboxylic acids is 1. The highest BCUT2D eigenvalue weighted by molar-refractivity contribution is 5.80. The lowest BCUT2D eigenvalue weighted by Crippen LogP contribution is -2.48. The van der Waals surface area contributed by atoms with Gasteiger partial charge in [-0.05, 0) is 44.9 Å². The summed E-state index contributed by atoms with van der Waals surface area (Å²) in [5.74, 6) is -0.501. The fourth-order valence-corrected chi connectivity index (χ4v) is 7.83. The monoisotopic (exact) mass is 790 g/mol. The van der Waals surface area contributed by atoms with E-state index in [-0.39, 0.29) is 6.61 Å². The minimum Gasteiger partial charge on any atom is -0.394 e. The number of unbranched alkanes of at least 4 members (excludes halogenated alkanes) is 36. The Balaban J connectivity index is 3.52. The number of aliphatic hydroxyl groups excluding tert-OH is 3. The van der Waals surface area contributed by atoms with Crippen LogP contribution >= 0.6 is 0 Å². The third-order valence-electron chi connectivity index (χ3n) is 11.8. The van der Waals surface area contributed by atoms with Crippen molar-refractivity contribution in [3.8, 4) is 0 Å². The van der Waals surface area contributed by atoms with Gasteiger partial charge in [0.25, 0.3) is 0 Å². The molecule has 0 aromatic heterocycles. The van der Waals surface area contributed by atoms with Gasteiger partial charge in [0.1, 0.15) is 6.10 Å². The summed E-state index contributed by atoms with van der Waals surface area (Å²) in [6.45, 7) is 4.19. The van der Waals surface area contributed by atoms with Gasteiger partial charge < -0.3 is 20.6 Å². The van der Waals surface area contributed by atoms with Crippen molar-refractivity contribution in [3.05, 3.63) is 24.3 Å². The number of nitrogens with one attached hydrogen (secondary N) is 1. The molecule has 0 saturated heterocycles. The Bertz CT molecular complexity index is 829. The van der Waals surface area contributed by atoms with Crippen LogP contribution in [0, 0.1) is 0 Å². The molecule has 3 atom stereocenters. The quantitative estimate of drug-likeness (QED) is 0.0365. The Morgan fingerprint density at radius 3 is 1.04 bits per heavy atom. The summed E-state index contributed by atoms with van der Waals surface area (Å²) in [7, 11) is 0. The Morgan fingerprint density at radius 2 is 0.714 bits per heavy atom. The third-order valence-corrected chi connectivity index (χ3v) is 11.8. The van der Waals surface area contributed by atoms with Gasteiger partial charge in [-0.1, -0.05) is 250 Å². The molecular weight excluding hydrogens is 691 g/mol. The van der Waals surface area contributed by atoms with Gasteiger partial charge in [0.05, 0.1) is 18.8 Å². The molecule has 0 rings (SSSR count). The molecule has 3 unspecified atom stereocenters. The predicted molar refractivity (Wildman–Crippen MR) is 245 cm³/mol. The molecular formula is C51H99NO4. The van der Waals surface area contributed by atoms with E-state index in [9.17, 15) is 20.1 Å². The Morgan fingerprint density at radius 1 is 0.429 bits per heavy atom. The van der Waals surface area contributed by atoms with Gasteiger partial charge in [0, 0.05) is 0 Å². The van der Waals surface area contributed by atoms with E-state index < -0.39 is 24.2 Å². The van der Waals surface area contributed by atoms with Crippen molar-refractivity contribution in [2.45, 2.75) is 289 Å². The molecule has 0 spiro atoms. The van der Waals surface area contributed by atoms with E-state index in [0.717, 1.165) is 32.1 Å². The number of hydrogen-bond acceptors (Lipinski definition) is 4. The molecule has 0 aromatic carbocycles. The topological polar surface area (TPSA) is 89.8 Å². The van der Waals surface area contributed by atoms with Crippen LogP contribution in [-0.2, 0) is 4.79 Å². The molecule has 0 bridgehead atoms. The van der Waals surface area contributed by atoms with Crippen molar-refractivity contribution in [3.63, 3.8) is 0 Å². The van der Waals surface area contributed by atoms with Crippen LogP contribution in [0.25, 0.3) is 0 Å². The summed E-state index contributed by atoms with van der Waals surface area (Å²) < 4.78 is 0. The van der Waals surface area contributed by atoms with Gasteiger partial charge in [-0.15, -0.1) is 0 Å². The Labute approximate surface area is 350 Å². The van der Waals surface area contributed by atoms with Crippen LogP contribution < -0.4 is 5.32 Å². The number of rotatable bonds is 46. The molecule has 0 fully saturated rings. The van der Waals surface area contributed by atoms with Crippen LogP contribution in [0.3, 0.4) is 0 Å². The smallest absolute Gasteiger partial charge is 0.249 e. The lowest BCUT2D eigenvalue weighted by Gasteiger charge is -2.21. The zero-order valence-corrected chi connectivity index (χ0v) is 37.8. The maximum atomic E-state index is 12.5. The molecule has 0 saturated carbocycles. The summed E-state index contributed by atoms with van der Waals surface area (Å²) in [4.78, 5) is 12.5. The minimum atomic E-state index is -1.09. The second-order valence-corrected chi connectivity index (χ2v) is 17.4. The van der Waals surface area contributed by atoms with E-state index in [0.29, 0.717) is 6.42 Å². The summed E-state index contributed by atoms with van der Waals surface area (Å²) in [5, 5.41) is 33.1. The maximum Gasteiger partial charge on any atom is 0.249 e. The molecule has 4 N–H and O–H groups in total. The molecule has 0 aliphatic heterocycles. The minimum absolute atomic E-state index is 0.361. The van der Waals surface area contributed by atoms with Crippen LogP contribution in [0.2, 0.25) is 0 Å². The number of carbonyl (C=O) groups is 1. The average Bonchev–Trinajstić information content (AvgIpc) is 3.20. The van der Waals surface area contributed by atoms with Crippen LogP contribution in [0.15, 0.2) is 24.3 Å². The zero-order valence-electron chi connectivity index (χ0n) is 37.8. The first-order valence-corrected chi connectivity index (χ1v) is 25.2. The summed E-state index contributed by atoms with van der Waals surface area (Å²) in [6, 6.07) is -0.794. The summed E-state index contributed by atoms with van der Waals surface area (Å²) in [6.07, 6.45) is 58.2. The summed E-state index contributed by atoms with van der Waals surface area (Å²) >= 11 is 0. The first-order valence-electron chi connectivity index (χ1n) is 25.2. The highest BCUT2D eigenvalue weighted by Gasteiger charge is 2.22. The van der Waals surface area contributed by atoms with Crippen molar-refractivity contribution in [1.82, 2.24) is 5.32 Å². The van der Waals surface area contributed by atoms with E-state index >= 15 is 0 Å². The second-order valence-electron chi connectivity index (χ2n) is 17.4. The first kappa shape index (κ1) is 54.8. The molecule has 5 heteroatoms. The largest absolute Gasteiger partial charge is 0.394 e. The van der Waals surface area contributed by atoms with Gasteiger partial charge in [-0.2, -0.15) is 0 Å². The van der Waals surface area contributed by atoms with Crippen molar-refractivity contribution < 1.29 is 20.1 Å². The molecule has 0 aromatic rings. The van der Waals surface area contributed by atoms with Crippen molar-refractivity contribution in [2.24, 2.45) is 0 Å². The summed E-state index contributed by atoms with van der Waals surface area (Å²) in [5.41, 5.74) is 0. The number of allylic oxidation sites excluding steroid dienone is 3. The first-order chi connectivity index (χ1) is 27.6. The van der Waals surface area contributed by atoms with Gasteiger partial charge in [0.2, 0.25) is 5.91 Å². The predicted octanol–water partition coefficient (Wildman–Crippen LogP) is 14.9. The van der Waals surface area contributed by atoms with E-state index in [1.165, 1.54) is 218 Å². The van der Waals surface area contributed by atoms with Gasteiger partial charge in [-0.25, -0.2) is 0 Å². The molecule has 0 aliphatic rings. The lowest BCUT2D eigenvalue weighted by atomic mass is 10.0. The molecule has 0 aliphatic carbocycles. The van der Waals surface area contributed by atoms with E-state index in [1.54, 1.807) is 6.08 Å². The van der Waals surface area contributed by atoms with Crippen molar-refractivity contribution in [1.29, 1.82) is 0 Å². The number of aliphatic hydroxyl groups is 3. The van der Waals surface area contributed by atoms with Crippen LogP contribution in [0.1, 0.15) is 271 Å². The standard InChI is InChI=1S/C51H99NO4/c1-3-5-7-9-11-13-15-17-18-19-20-21-22-23-24-25-26-27-28-29-30-31-32-33-34-36-38-40-42-44-46-50(55)51(56)52-48(47-53)49(54)45-43-41-39-37-35-16-14-12-10-8-6-4-2/h23-24,43,45,48-50,53-55H,3-22,25-42,44,46-47H2,1-2H3,(H,52,56)/b24-23-,45-43+.